The zero-order valence-electron chi connectivity index (χ0n) is 10.7. The van der Waals surface area contributed by atoms with Crippen LogP contribution in [0.5, 0.6) is 0 Å². The normalized spacial score (nSPS) is 12.6. The molecule has 18 heavy (non-hydrogen) atoms. The van der Waals surface area contributed by atoms with Crippen molar-refractivity contribution in [1.82, 2.24) is 9.71 Å². The van der Waals surface area contributed by atoms with Crippen LogP contribution in [0.3, 0.4) is 0 Å². The Morgan fingerprint density at radius 2 is 2.11 bits per heavy atom. The average molecular weight is 335 g/mol. The standard InChI is InChI=1S/C12H19BrN2O2S/c1-12(2,7-8-13)15-18(16,17)10-6-11-5-3-4-9-14-11/h3-5,9,15H,6-8,10H2,1-2H3. The maximum Gasteiger partial charge on any atom is 0.212 e. The number of pyridine rings is 1. The van der Waals surface area contributed by atoms with Gasteiger partial charge in [0.25, 0.3) is 0 Å². The molecule has 0 amide bonds. The van der Waals surface area contributed by atoms with Gasteiger partial charge in [-0.15, -0.1) is 0 Å². The molecule has 0 bridgehead atoms. The summed E-state index contributed by atoms with van der Waals surface area (Å²) in [5, 5.41) is 0.767. The van der Waals surface area contributed by atoms with E-state index in [1.54, 1.807) is 6.20 Å². The van der Waals surface area contributed by atoms with Crippen LogP contribution in [0.2, 0.25) is 0 Å². The molecule has 0 spiro atoms. The molecule has 0 aliphatic heterocycles. The van der Waals surface area contributed by atoms with E-state index < -0.39 is 15.6 Å². The largest absolute Gasteiger partial charge is 0.261 e. The Hall–Kier alpha value is -0.460. The first-order valence-corrected chi connectivity index (χ1v) is 8.59. The summed E-state index contributed by atoms with van der Waals surface area (Å²) >= 11 is 3.32. The SMILES string of the molecule is CC(C)(CCBr)NS(=O)(=O)CCc1ccccn1. The third-order valence-corrected chi connectivity index (χ3v) is 4.51. The van der Waals surface area contributed by atoms with E-state index in [9.17, 15) is 8.42 Å². The molecule has 4 nitrogen and oxygen atoms in total. The lowest BCUT2D eigenvalue weighted by atomic mass is 10.0. The molecule has 1 aromatic heterocycles. The van der Waals surface area contributed by atoms with E-state index >= 15 is 0 Å². The molecule has 0 aliphatic rings. The van der Waals surface area contributed by atoms with Gasteiger partial charge in [-0.3, -0.25) is 4.98 Å². The highest BCUT2D eigenvalue weighted by atomic mass is 79.9. The van der Waals surface area contributed by atoms with Gasteiger partial charge in [0.1, 0.15) is 0 Å². The van der Waals surface area contributed by atoms with Crippen molar-refractivity contribution >= 4 is 26.0 Å². The van der Waals surface area contributed by atoms with Crippen molar-refractivity contribution in [3.05, 3.63) is 30.1 Å². The number of alkyl halides is 1. The van der Waals surface area contributed by atoms with Crippen LogP contribution in [-0.4, -0.2) is 30.0 Å². The Morgan fingerprint density at radius 1 is 1.39 bits per heavy atom. The highest BCUT2D eigenvalue weighted by Gasteiger charge is 2.23. The van der Waals surface area contributed by atoms with Gasteiger partial charge in [-0.2, -0.15) is 0 Å². The van der Waals surface area contributed by atoms with Crippen molar-refractivity contribution in [1.29, 1.82) is 0 Å². The molecule has 1 rings (SSSR count). The summed E-state index contributed by atoms with van der Waals surface area (Å²) in [6.45, 7) is 3.76. The minimum absolute atomic E-state index is 0.0652. The van der Waals surface area contributed by atoms with Gasteiger partial charge in [0, 0.05) is 29.2 Å². The molecule has 0 radical (unpaired) electrons. The number of rotatable bonds is 7. The summed E-state index contributed by atoms with van der Waals surface area (Å²) in [7, 11) is -3.27. The van der Waals surface area contributed by atoms with Gasteiger partial charge in [0.15, 0.2) is 0 Å². The Bertz CT molecular complexity index is 460. The fourth-order valence-corrected chi connectivity index (χ4v) is 4.06. The summed E-state index contributed by atoms with van der Waals surface area (Å²) < 4.78 is 26.6. The lowest BCUT2D eigenvalue weighted by Crippen LogP contribution is -2.44. The van der Waals surface area contributed by atoms with Crippen molar-refractivity contribution in [3.8, 4) is 0 Å². The highest BCUT2D eigenvalue weighted by Crippen LogP contribution is 2.12. The molecule has 0 aliphatic carbocycles. The lowest BCUT2D eigenvalue weighted by Gasteiger charge is -2.24. The van der Waals surface area contributed by atoms with E-state index in [-0.39, 0.29) is 5.75 Å². The molecule has 102 valence electrons. The number of sulfonamides is 1. The van der Waals surface area contributed by atoms with Crippen LogP contribution in [0.15, 0.2) is 24.4 Å². The zero-order chi connectivity index (χ0) is 13.6. The first kappa shape index (κ1) is 15.6. The fraction of sp³-hybridized carbons (Fsp3) is 0.583. The second-order valence-electron chi connectivity index (χ2n) is 4.81. The molecular weight excluding hydrogens is 316 g/mol. The van der Waals surface area contributed by atoms with E-state index in [2.05, 4.69) is 25.6 Å². The number of aryl methyl sites for hydroxylation is 1. The molecule has 1 N–H and O–H groups in total. The van der Waals surface area contributed by atoms with Gasteiger partial charge in [-0.05, 0) is 32.4 Å². The number of aromatic nitrogens is 1. The van der Waals surface area contributed by atoms with Gasteiger partial charge < -0.3 is 0 Å². The quantitative estimate of drug-likeness (QED) is 0.777. The number of hydrogen-bond acceptors (Lipinski definition) is 3. The fourth-order valence-electron chi connectivity index (χ4n) is 1.54. The molecule has 0 aromatic carbocycles. The third kappa shape index (κ3) is 5.93. The second-order valence-corrected chi connectivity index (χ2v) is 7.45. The molecule has 0 saturated carbocycles. The van der Waals surface area contributed by atoms with Gasteiger partial charge >= 0.3 is 0 Å². The van der Waals surface area contributed by atoms with Crippen molar-refractivity contribution in [2.24, 2.45) is 0 Å². The van der Waals surface area contributed by atoms with Crippen LogP contribution >= 0.6 is 15.9 Å². The molecular formula is C12H19BrN2O2S. The van der Waals surface area contributed by atoms with Crippen LogP contribution in [0.25, 0.3) is 0 Å². The van der Waals surface area contributed by atoms with E-state index in [0.717, 1.165) is 17.4 Å². The van der Waals surface area contributed by atoms with Gasteiger partial charge in [-0.1, -0.05) is 22.0 Å². The summed E-state index contributed by atoms with van der Waals surface area (Å²) in [6, 6.07) is 5.51. The molecule has 1 heterocycles. The summed E-state index contributed by atoms with van der Waals surface area (Å²) in [5.74, 6) is 0.0652. The number of halogens is 1. The predicted molar refractivity (Wildman–Crippen MR) is 77.4 cm³/mol. The number of nitrogens with zero attached hydrogens (tertiary/aromatic N) is 1. The topological polar surface area (TPSA) is 59.1 Å². The Kier molecular flexibility index (Phi) is 5.75. The highest BCUT2D eigenvalue weighted by molar-refractivity contribution is 9.09. The summed E-state index contributed by atoms with van der Waals surface area (Å²) in [5.41, 5.74) is 0.369. The number of hydrogen-bond donors (Lipinski definition) is 1. The first-order valence-electron chi connectivity index (χ1n) is 5.82. The van der Waals surface area contributed by atoms with E-state index in [4.69, 9.17) is 0 Å². The summed E-state index contributed by atoms with van der Waals surface area (Å²) in [4.78, 5) is 4.11. The number of nitrogens with one attached hydrogen (secondary N) is 1. The van der Waals surface area contributed by atoms with Crippen LogP contribution in [0.1, 0.15) is 26.0 Å². The molecule has 1 aromatic rings. The minimum Gasteiger partial charge on any atom is -0.261 e. The minimum atomic E-state index is -3.27. The van der Waals surface area contributed by atoms with E-state index in [1.807, 2.05) is 32.0 Å². The van der Waals surface area contributed by atoms with Crippen LogP contribution in [-0.2, 0) is 16.4 Å². The van der Waals surface area contributed by atoms with Crippen molar-refractivity contribution in [3.63, 3.8) is 0 Å². The van der Waals surface area contributed by atoms with Crippen LogP contribution in [0, 0.1) is 0 Å². The van der Waals surface area contributed by atoms with Gasteiger partial charge in [-0.25, -0.2) is 13.1 Å². The van der Waals surface area contributed by atoms with Gasteiger partial charge in [0.05, 0.1) is 5.75 Å². The Labute approximate surface area is 117 Å². The Balaban J connectivity index is 2.55. The maximum absolute atomic E-state index is 11.9. The monoisotopic (exact) mass is 334 g/mol. The van der Waals surface area contributed by atoms with Gasteiger partial charge in [0.2, 0.25) is 10.0 Å². The third-order valence-electron chi connectivity index (χ3n) is 2.50. The van der Waals surface area contributed by atoms with Crippen LogP contribution < -0.4 is 4.72 Å². The first-order chi connectivity index (χ1) is 8.35. The summed E-state index contributed by atoms with van der Waals surface area (Å²) in [6.07, 6.45) is 2.85. The average Bonchev–Trinajstić information content (AvgIpc) is 2.26. The zero-order valence-corrected chi connectivity index (χ0v) is 13.1. The van der Waals surface area contributed by atoms with Crippen LogP contribution in [0.4, 0.5) is 0 Å². The molecule has 0 saturated heterocycles. The molecule has 6 heteroatoms. The van der Waals surface area contributed by atoms with E-state index in [1.165, 1.54) is 0 Å². The molecule has 0 unspecified atom stereocenters. The van der Waals surface area contributed by atoms with Crippen molar-refractivity contribution in [2.75, 3.05) is 11.1 Å². The maximum atomic E-state index is 11.9. The van der Waals surface area contributed by atoms with E-state index in [0.29, 0.717) is 6.42 Å². The van der Waals surface area contributed by atoms with Crippen molar-refractivity contribution in [2.45, 2.75) is 32.2 Å². The molecule has 0 atom stereocenters. The van der Waals surface area contributed by atoms with Crippen molar-refractivity contribution < 1.29 is 8.42 Å². The molecule has 0 fully saturated rings. The second kappa shape index (κ2) is 6.63. The Morgan fingerprint density at radius 3 is 2.67 bits per heavy atom. The smallest absolute Gasteiger partial charge is 0.212 e. The predicted octanol–water partition coefficient (Wildman–Crippen LogP) is 2.11. The lowest BCUT2D eigenvalue weighted by molar-refractivity contribution is 0.443.